The number of carbonyl (C=O) groups is 1. The third kappa shape index (κ3) is 4.69. The van der Waals surface area contributed by atoms with E-state index in [0.717, 1.165) is 30.5 Å². The monoisotopic (exact) mass is 543 g/mol. The molecule has 0 spiro atoms. The Bertz CT molecular complexity index is 1680. The fraction of sp³-hybridized carbons (Fsp3) is 0.367. The molecule has 4 aromatic rings. The number of H-pyrrole nitrogens is 1. The lowest BCUT2D eigenvalue weighted by Crippen LogP contribution is -2.34. The summed E-state index contributed by atoms with van der Waals surface area (Å²) in [5.41, 5.74) is 4.43. The SMILES string of the molecule is CC1CC(c2ncccc2C(=O)NS(=O)(=O)c2cccc(N3CCc4c([nH]c5ccccc45)C3)n2)C(C)(C)C1. The zero-order valence-electron chi connectivity index (χ0n) is 22.4. The van der Waals surface area contributed by atoms with Gasteiger partial charge in [-0.25, -0.2) is 9.71 Å². The molecule has 202 valence electrons. The Labute approximate surface area is 228 Å². The van der Waals surface area contributed by atoms with E-state index in [2.05, 4.69) is 57.5 Å². The average molecular weight is 544 g/mol. The minimum absolute atomic E-state index is 0.0309. The molecule has 0 radical (unpaired) electrons. The van der Waals surface area contributed by atoms with Gasteiger partial charge in [0.1, 0.15) is 5.82 Å². The number of nitrogens with zero attached hydrogens (tertiary/aromatic N) is 3. The van der Waals surface area contributed by atoms with E-state index in [4.69, 9.17) is 0 Å². The van der Waals surface area contributed by atoms with Crippen LogP contribution in [-0.4, -0.2) is 35.8 Å². The van der Waals surface area contributed by atoms with Crippen LogP contribution in [0.4, 0.5) is 5.82 Å². The zero-order chi connectivity index (χ0) is 27.4. The van der Waals surface area contributed by atoms with Gasteiger partial charge >= 0.3 is 0 Å². The number of benzene rings is 1. The number of aromatic amines is 1. The number of fused-ring (bicyclic) bond motifs is 3. The van der Waals surface area contributed by atoms with Gasteiger partial charge in [0.15, 0.2) is 5.03 Å². The predicted octanol–water partition coefficient (Wildman–Crippen LogP) is 5.18. The summed E-state index contributed by atoms with van der Waals surface area (Å²) in [4.78, 5) is 27.9. The molecule has 1 aliphatic carbocycles. The summed E-state index contributed by atoms with van der Waals surface area (Å²) in [7, 11) is -4.20. The lowest BCUT2D eigenvalue weighted by molar-refractivity contribution is 0.0978. The van der Waals surface area contributed by atoms with Gasteiger partial charge in [-0.3, -0.25) is 9.78 Å². The topological polar surface area (TPSA) is 108 Å². The molecule has 1 amide bonds. The molecule has 2 unspecified atom stereocenters. The highest BCUT2D eigenvalue weighted by molar-refractivity contribution is 7.90. The first kappa shape index (κ1) is 25.6. The number of aromatic nitrogens is 3. The molecule has 1 aromatic carbocycles. The van der Waals surface area contributed by atoms with Crippen LogP contribution >= 0.6 is 0 Å². The fourth-order valence-corrected chi connectivity index (χ4v) is 7.49. The lowest BCUT2D eigenvalue weighted by atomic mass is 9.78. The molecule has 6 rings (SSSR count). The van der Waals surface area contributed by atoms with Crippen molar-refractivity contribution in [2.24, 2.45) is 11.3 Å². The van der Waals surface area contributed by atoms with Gasteiger partial charge in [-0.1, -0.05) is 45.0 Å². The van der Waals surface area contributed by atoms with Crippen LogP contribution in [0.5, 0.6) is 0 Å². The molecule has 2 atom stereocenters. The molecule has 9 heteroatoms. The van der Waals surface area contributed by atoms with Crippen molar-refractivity contribution in [1.82, 2.24) is 19.7 Å². The van der Waals surface area contributed by atoms with E-state index in [1.54, 1.807) is 30.5 Å². The summed E-state index contributed by atoms with van der Waals surface area (Å²) in [5, 5.41) is 1.04. The van der Waals surface area contributed by atoms with Crippen molar-refractivity contribution in [2.75, 3.05) is 11.4 Å². The molecular formula is C30H33N5O3S. The Hall–Kier alpha value is -3.72. The Kier molecular flexibility index (Phi) is 6.21. The molecular weight excluding hydrogens is 510 g/mol. The van der Waals surface area contributed by atoms with Gasteiger partial charge in [-0.2, -0.15) is 8.42 Å². The second kappa shape index (κ2) is 9.48. The quantitative estimate of drug-likeness (QED) is 0.359. The highest BCUT2D eigenvalue weighted by atomic mass is 32.2. The second-order valence-corrected chi connectivity index (χ2v) is 13.2. The van der Waals surface area contributed by atoms with Crippen molar-refractivity contribution < 1.29 is 13.2 Å². The Balaban J connectivity index is 1.24. The Morgan fingerprint density at radius 2 is 1.92 bits per heavy atom. The maximum atomic E-state index is 13.3. The second-order valence-electron chi connectivity index (χ2n) is 11.6. The molecule has 0 bridgehead atoms. The summed E-state index contributed by atoms with van der Waals surface area (Å²) in [6, 6.07) is 16.4. The van der Waals surface area contributed by atoms with E-state index >= 15 is 0 Å². The van der Waals surface area contributed by atoms with Gasteiger partial charge in [-0.15, -0.1) is 0 Å². The smallest absolute Gasteiger partial charge is 0.281 e. The lowest BCUT2D eigenvalue weighted by Gasteiger charge is -2.28. The largest absolute Gasteiger partial charge is 0.357 e. The van der Waals surface area contributed by atoms with Gasteiger partial charge < -0.3 is 9.88 Å². The van der Waals surface area contributed by atoms with E-state index in [0.29, 0.717) is 36.1 Å². The van der Waals surface area contributed by atoms with Gasteiger partial charge in [0.05, 0.1) is 17.8 Å². The van der Waals surface area contributed by atoms with Gasteiger partial charge in [-0.05, 0) is 66.5 Å². The number of nitrogens with one attached hydrogen (secondary N) is 2. The summed E-state index contributed by atoms with van der Waals surface area (Å²) < 4.78 is 28.9. The molecule has 4 heterocycles. The number of anilines is 1. The van der Waals surface area contributed by atoms with E-state index in [9.17, 15) is 13.2 Å². The Morgan fingerprint density at radius 3 is 2.72 bits per heavy atom. The first-order chi connectivity index (χ1) is 18.6. The standard InChI is InChI=1S/C30H33N5O3S/c1-19-16-23(30(2,3)17-19)28-22(9-7-14-31-28)29(36)34-39(37,38)27-12-6-11-26(33-27)35-15-13-21-20-8-4-5-10-24(20)32-25(21)18-35/h4-12,14,19,23,32H,13,15-18H2,1-3H3,(H,34,36). The van der Waals surface area contributed by atoms with E-state index in [-0.39, 0.29) is 16.4 Å². The van der Waals surface area contributed by atoms with Crippen molar-refractivity contribution in [3.05, 3.63) is 83.3 Å². The average Bonchev–Trinajstić information content (AvgIpc) is 3.42. The van der Waals surface area contributed by atoms with Gasteiger partial charge in [0.25, 0.3) is 15.9 Å². The normalized spacial score (nSPS) is 20.6. The minimum atomic E-state index is -4.20. The third-order valence-electron chi connectivity index (χ3n) is 8.29. The van der Waals surface area contributed by atoms with Crippen molar-refractivity contribution in [1.29, 1.82) is 0 Å². The summed E-state index contributed by atoms with van der Waals surface area (Å²) in [6.07, 6.45) is 4.44. The molecule has 39 heavy (non-hydrogen) atoms. The highest BCUT2D eigenvalue weighted by Gasteiger charge is 2.42. The van der Waals surface area contributed by atoms with E-state index in [1.807, 2.05) is 12.1 Å². The van der Waals surface area contributed by atoms with Gasteiger partial charge in [0.2, 0.25) is 0 Å². The number of para-hydroxylation sites is 1. The maximum absolute atomic E-state index is 13.3. The predicted molar refractivity (Wildman–Crippen MR) is 151 cm³/mol. The van der Waals surface area contributed by atoms with Crippen molar-refractivity contribution in [3.8, 4) is 0 Å². The molecule has 2 N–H and O–H groups in total. The third-order valence-corrected chi connectivity index (χ3v) is 9.52. The molecule has 1 aliphatic heterocycles. The molecule has 1 fully saturated rings. The number of hydrogen-bond acceptors (Lipinski definition) is 6. The maximum Gasteiger partial charge on any atom is 0.281 e. The number of carbonyl (C=O) groups excluding carboxylic acids is 1. The fourth-order valence-electron chi connectivity index (χ4n) is 6.56. The number of hydrogen-bond donors (Lipinski definition) is 2. The van der Waals surface area contributed by atoms with Crippen LogP contribution < -0.4 is 9.62 Å². The number of amides is 1. The molecule has 1 saturated carbocycles. The van der Waals surface area contributed by atoms with Crippen molar-refractivity contribution in [3.63, 3.8) is 0 Å². The van der Waals surface area contributed by atoms with Crippen LogP contribution in [0, 0.1) is 11.3 Å². The highest BCUT2D eigenvalue weighted by Crippen LogP contribution is 2.51. The number of sulfonamides is 1. The molecule has 0 saturated heterocycles. The first-order valence-corrected chi connectivity index (χ1v) is 14.9. The minimum Gasteiger partial charge on any atom is -0.357 e. The molecule has 3 aromatic heterocycles. The molecule has 8 nitrogen and oxygen atoms in total. The first-order valence-electron chi connectivity index (χ1n) is 13.4. The summed E-state index contributed by atoms with van der Waals surface area (Å²) >= 11 is 0. The van der Waals surface area contributed by atoms with E-state index < -0.39 is 15.9 Å². The van der Waals surface area contributed by atoms with Crippen LogP contribution in [0.3, 0.4) is 0 Å². The zero-order valence-corrected chi connectivity index (χ0v) is 23.3. The number of pyridine rings is 2. The van der Waals surface area contributed by atoms with Gasteiger partial charge in [0, 0.05) is 35.3 Å². The van der Waals surface area contributed by atoms with Crippen LogP contribution in [-0.2, 0) is 23.0 Å². The Morgan fingerprint density at radius 1 is 1.10 bits per heavy atom. The van der Waals surface area contributed by atoms with Crippen LogP contribution in [0.1, 0.15) is 66.8 Å². The molecule has 2 aliphatic rings. The summed E-state index contributed by atoms with van der Waals surface area (Å²) in [5.74, 6) is 0.459. The van der Waals surface area contributed by atoms with E-state index in [1.165, 1.54) is 17.0 Å². The number of rotatable bonds is 5. The van der Waals surface area contributed by atoms with Crippen molar-refractivity contribution in [2.45, 2.75) is 57.5 Å². The van der Waals surface area contributed by atoms with Crippen molar-refractivity contribution >= 4 is 32.7 Å². The summed E-state index contributed by atoms with van der Waals surface area (Å²) in [6.45, 7) is 7.88. The van der Waals surface area contributed by atoms with Crippen LogP contribution in [0.15, 0.2) is 65.8 Å². The van der Waals surface area contributed by atoms with Crippen LogP contribution in [0.25, 0.3) is 10.9 Å². The van der Waals surface area contributed by atoms with Crippen LogP contribution in [0.2, 0.25) is 0 Å².